The highest BCUT2D eigenvalue weighted by atomic mass is 79.9. The Labute approximate surface area is 150 Å². The van der Waals surface area contributed by atoms with E-state index in [1.807, 2.05) is 24.3 Å². The summed E-state index contributed by atoms with van der Waals surface area (Å²) in [5.74, 6) is 0.172. The highest BCUT2D eigenvalue weighted by Crippen LogP contribution is 2.32. The van der Waals surface area contributed by atoms with Crippen molar-refractivity contribution in [3.63, 3.8) is 0 Å². The highest BCUT2D eigenvalue weighted by molar-refractivity contribution is 9.10. The topological polar surface area (TPSA) is 75.4 Å². The number of halogens is 2. The summed E-state index contributed by atoms with van der Waals surface area (Å²) >= 11 is 3.45. The normalized spacial score (nSPS) is 21.7. The van der Waals surface area contributed by atoms with Gasteiger partial charge >= 0.3 is 0 Å². The fourth-order valence-corrected chi connectivity index (χ4v) is 3.34. The van der Waals surface area contributed by atoms with E-state index in [-0.39, 0.29) is 42.6 Å². The molecule has 3 N–H and O–H groups in total. The van der Waals surface area contributed by atoms with E-state index in [4.69, 9.17) is 5.73 Å². The van der Waals surface area contributed by atoms with Gasteiger partial charge in [-0.05, 0) is 46.8 Å². The smallest absolute Gasteiger partial charge is 0.227 e. The van der Waals surface area contributed by atoms with Gasteiger partial charge in [0.05, 0.1) is 11.6 Å². The van der Waals surface area contributed by atoms with Crippen molar-refractivity contribution in [1.82, 2.24) is 5.32 Å². The van der Waals surface area contributed by atoms with Gasteiger partial charge in [-0.2, -0.15) is 0 Å². The third-order valence-corrected chi connectivity index (χ3v) is 5.05. The molecule has 0 bridgehead atoms. The first-order chi connectivity index (χ1) is 10.6. The van der Waals surface area contributed by atoms with Crippen molar-refractivity contribution in [2.75, 3.05) is 18.0 Å². The molecule has 3 rings (SSSR count). The lowest BCUT2D eigenvalue weighted by Gasteiger charge is -2.18. The molecule has 2 amide bonds. The van der Waals surface area contributed by atoms with Crippen molar-refractivity contribution in [2.24, 2.45) is 17.6 Å². The van der Waals surface area contributed by atoms with Crippen LogP contribution in [0.15, 0.2) is 28.7 Å². The highest BCUT2D eigenvalue weighted by Gasteiger charge is 2.36. The average Bonchev–Trinajstić information content (AvgIpc) is 3.28. The molecule has 1 aliphatic carbocycles. The molecule has 126 valence electrons. The molecule has 23 heavy (non-hydrogen) atoms. The molecular formula is C16H21BrClN3O2. The first-order valence-corrected chi connectivity index (χ1v) is 8.43. The summed E-state index contributed by atoms with van der Waals surface area (Å²) in [7, 11) is 0. The Morgan fingerprint density at radius 1 is 1.39 bits per heavy atom. The lowest BCUT2D eigenvalue weighted by atomic mass is 10.1. The minimum atomic E-state index is -0.300. The van der Waals surface area contributed by atoms with Gasteiger partial charge in [0.25, 0.3) is 0 Å². The molecule has 1 saturated heterocycles. The average molecular weight is 403 g/mol. The molecule has 1 aromatic carbocycles. The van der Waals surface area contributed by atoms with Gasteiger partial charge in [-0.15, -0.1) is 12.4 Å². The lowest BCUT2D eigenvalue weighted by molar-refractivity contribution is -0.126. The van der Waals surface area contributed by atoms with Crippen LogP contribution in [0.3, 0.4) is 0 Å². The number of benzene rings is 1. The van der Waals surface area contributed by atoms with Crippen molar-refractivity contribution in [1.29, 1.82) is 0 Å². The van der Waals surface area contributed by atoms with Gasteiger partial charge in [0, 0.05) is 30.0 Å². The van der Waals surface area contributed by atoms with Crippen LogP contribution in [0.2, 0.25) is 0 Å². The van der Waals surface area contributed by atoms with Crippen LogP contribution in [0.4, 0.5) is 5.69 Å². The first-order valence-electron chi connectivity index (χ1n) is 7.64. The van der Waals surface area contributed by atoms with E-state index in [0.29, 0.717) is 19.0 Å². The zero-order valence-corrected chi connectivity index (χ0v) is 15.1. The molecule has 7 heteroatoms. The second kappa shape index (κ2) is 7.64. The Hall–Kier alpha value is -1.11. The van der Waals surface area contributed by atoms with Crippen LogP contribution in [0.25, 0.3) is 0 Å². The number of para-hydroxylation sites is 1. The number of anilines is 1. The van der Waals surface area contributed by atoms with E-state index in [9.17, 15) is 9.59 Å². The number of amides is 2. The third-order valence-electron chi connectivity index (χ3n) is 4.38. The number of carbonyl (C=O) groups excluding carboxylic acids is 2. The van der Waals surface area contributed by atoms with Crippen LogP contribution in [0.1, 0.15) is 19.3 Å². The van der Waals surface area contributed by atoms with Crippen molar-refractivity contribution in [3.05, 3.63) is 28.7 Å². The van der Waals surface area contributed by atoms with Crippen LogP contribution < -0.4 is 16.0 Å². The van der Waals surface area contributed by atoms with Crippen LogP contribution in [0, 0.1) is 11.8 Å². The largest absolute Gasteiger partial charge is 0.354 e. The monoisotopic (exact) mass is 401 g/mol. The maximum Gasteiger partial charge on any atom is 0.227 e. The second-order valence-corrected chi connectivity index (χ2v) is 6.96. The Morgan fingerprint density at radius 2 is 2.09 bits per heavy atom. The van der Waals surface area contributed by atoms with Crippen molar-refractivity contribution in [2.45, 2.75) is 25.3 Å². The first kappa shape index (κ1) is 18.2. The minimum Gasteiger partial charge on any atom is -0.354 e. The van der Waals surface area contributed by atoms with Crippen LogP contribution >= 0.6 is 28.3 Å². The molecule has 0 spiro atoms. The fraction of sp³-hybridized carbons (Fsp3) is 0.500. The van der Waals surface area contributed by atoms with Gasteiger partial charge in [0.2, 0.25) is 11.8 Å². The quantitative estimate of drug-likeness (QED) is 0.792. The minimum absolute atomic E-state index is 0. The number of hydrogen-bond donors (Lipinski definition) is 2. The third kappa shape index (κ3) is 4.25. The molecule has 2 fully saturated rings. The number of rotatable bonds is 5. The Bertz CT molecular complexity index is 594. The van der Waals surface area contributed by atoms with E-state index in [1.54, 1.807) is 4.90 Å². The fourth-order valence-electron chi connectivity index (χ4n) is 2.84. The summed E-state index contributed by atoms with van der Waals surface area (Å²) < 4.78 is 0.861. The predicted molar refractivity (Wildman–Crippen MR) is 95.6 cm³/mol. The second-order valence-electron chi connectivity index (χ2n) is 6.10. The molecule has 2 unspecified atom stereocenters. The van der Waals surface area contributed by atoms with E-state index in [2.05, 4.69) is 21.2 Å². The van der Waals surface area contributed by atoms with Gasteiger partial charge in [-0.25, -0.2) is 0 Å². The van der Waals surface area contributed by atoms with E-state index in [1.165, 1.54) is 0 Å². The Balaban J connectivity index is 0.00000192. The Kier molecular flexibility index (Phi) is 6.06. The molecule has 1 saturated carbocycles. The van der Waals surface area contributed by atoms with Crippen LogP contribution in [-0.2, 0) is 9.59 Å². The molecule has 2 aliphatic rings. The van der Waals surface area contributed by atoms with Crippen molar-refractivity contribution >= 4 is 45.8 Å². The molecule has 1 aromatic rings. The van der Waals surface area contributed by atoms with Crippen molar-refractivity contribution < 1.29 is 9.59 Å². The summed E-state index contributed by atoms with van der Waals surface area (Å²) in [5.41, 5.74) is 6.81. The summed E-state index contributed by atoms with van der Waals surface area (Å²) in [6, 6.07) is 7.60. The number of carbonyl (C=O) groups is 2. The van der Waals surface area contributed by atoms with Gasteiger partial charge in [0.1, 0.15) is 0 Å². The van der Waals surface area contributed by atoms with Crippen LogP contribution in [0.5, 0.6) is 0 Å². The number of nitrogens with zero attached hydrogens (tertiary/aromatic N) is 1. The molecule has 1 aliphatic heterocycles. The zero-order valence-electron chi connectivity index (χ0n) is 12.7. The summed E-state index contributed by atoms with van der Waals surface area (Å²) in [6.45, 7) is 0.926. The van der Waals surface area contributed by atoms with Gasteiger partial charge in [-0.1, -0.05) is 12.1 Å². The van der Waals surface area contributed by atoms with Gasteiger partial charge in [0.15, 0.2) is 0 Å². The Morgan fingerprint density at radius 3 is 2.74 bits per heavy atom. The summed E-state index contributed by atoms with van der Waals surface area (Å²) in [6.07, 6.45) is 2.58. The van der Waals surface area contributed by atoms with Crippen LogP contribution in [-0.4, -0.2) is 30.9 Å². The van der Waals surface area contributed by atoms with E-state index >= 15 is 0 Å². The number of nitrogens with two attached hydrogens (primary N) is 1. The summed E-state index contributed by atoms with van der Waals surface area (Å²) in [4.78, 5) is 26.1. The standard InChI is InChI=1S/C16H20BrN3O2.ClH/c17-12-3-1-2-4-14(12)20-9-11(7-15(20)21)16(22)19-8-13(18)10-5-6-10;/h1-4,10-11,13H,5-9,18H2,(H,19,22);1H. The maximum atomic E-state index is 12.2. The maximum absolute atomic E-state index is 12.2. The zero-order chi connectivity index (χ0) is 15.7. The molecular weight excluding hydrogens is 382 g/mol. The molecule has 0 radical (unpaired) electrons. The van der Waals surface area contributed by atoms with E-state index < -0.39 is 0 Å². The SMILES string of the molecule is Cl.NC(CNC(=O)C1CC(=O)N(c2ccccc2Br)C1)C1CC1. The molecule has 0 aromatic heterocycles. The predicted octanol–water partition coefficient (Wildman–Crippen LogP) is 2.08. The lowest BCUT2D eigenvalue weighted by Crippen LogP contribution is -2.41. The molecule has 5 nitrogen and oxygen atoms in total. The van der Waals surface area contributed by atoms with Gasteiger partial charge in [-0.3, -0.25) is 9.59 Å². The molecule has 1 heterocycles. The van der Waals surface area contributed by atoms with Crippen molar-refractivity contribution in [3.8, 4) is 0 Å². The van der Waals surface area contributed by atoms with Gasteiger partial charge < -0.3 is 16.0 Å². The van der Waals surface area contributed by atoms with E-state index in [0.717, 1.165) is 23.0 Å². The number of hydrogen-bond acceptors (Lipinski definition) is 3. The molecule has 2 atom stereocenters. The number of nitrogens with one attached hydrogen (secondary N) is 1. The summed E-state index contributed by atoms with van der Waals surface area (Å²) in [5, 5.41) is 2.90.